The highest BCUT2D eigenvalue weighted by molar-refractivity contribution is 7.89. The van der Waals surface area contributed by atoms with Gasteiger partial charge in [-0.2, -0.15) is 4.31 Å². The summed E-state index contributed by atoms with van der Waals surface area (Å²) in [7, 11) is -2.12. The van der Waals surface area contributed by atoms with Gasteiger partial charge in [0.2, 0.25) is 15.9 Å². The molecule has 2 aromatic carbocycles. The summed E-state index contributed by atoms with van der Waals surface area (Å²) in [6, 6.07) is 12.4. The van der Waals surface area contributed by atoms with E-state index in [2.05, 4.69) is 5.32 Å². The molecule has 0 radical (unpaired) electrons. The number of benzene rings is 2. The molecule has 0 saturated heterocycles. The number of hydrogen-bond acceptors (Lipinski definition) is 3. The zero-order valence-electron chi connectivity index (χ0n) is 14.2. The van der Waals surface area contributed by atoms with E-state index in [9.17, 15) is 17.6 Å². The molecule has 0 fully saturated rings. The summed E-state index contributed by atoms with van der Waals surface area (Å²) in [6.07, 6.45) is 0.0478. The minimum absolute atomic E-state index is 0.0478. The fraction of sp³-hybridized carbons (Fsp3) is 0.278. The van der Waals surface area contributed by atoms with Crippen molar-refractivity contribution < 1.29 is 17.6 Å². The molecule has 0 aliphatic carbocycles. The molecule has 0 aromatic heterocycles. The number of amides is 1. The molecular weight excluding hydrogens is 343 g/mol. The second-order valence-corrected chi connectivity index (χ2v) is 7.84. The summed E-state index contributed by atoms with van der Waals surface area (Å²) >= 11 is 0. The Labute approximate surface area is 147 Å². The quantitative estimate of drug-likeness (QED) is 0.818. The smallest absolute Gasteiger partial charge is 0.242 e. The lowest BCUT2D eigenvalue weighted by Gasteiger charge is -2.17. The Kier molecular flexibility index (Phi) is 6.27. The van der Waals surface area contributed by atoms with Crippen molar-refractivity contribution in [2.45, 2.75) is 18.2 Å². The van der Waals surface area contributed by atoms with Gasteiger partial charge in [0, 0.05) is 20.1 Å². The lowest BCUT2D eigenvalue weighted by Crippen LogP contribution is -2.36. The number of nitrogens with zero attached hydrogens (tertiary/aromatic N) is 1. The minimum Gasteiger partial charge on any atom is -0.354 e. The van der Waals surface area contributed by atoms with E-state index >= 15 is 0 Å². The normalized spacial score (nSPS) is 11.5. The van der Waals surface area contributed by atoms with Crippen LogP contribution < -0.4 is 5.32 Å². The Bertz CT molecular complexity index is 836. The molecule has 0 aliphatic heterocycles. The van der Waals surface area contributed by atoms with Gasteiger partial charge < -0.3 is 5.32 Å². The van der Waals surface area contributed by atoms with Crippen LogP contribution in [0.4, 0.5) is 4.39 Å². The Balaban J connectivity index is 1.86. The topological polar surface area (TPSA) is 66.5 Å². The van der Waals surface area contributed by atoms with Crippen LogP contribution in [0.15, 0.2) is 53.4 Å². The molecule has 134 valence electrons. The van der Waals surface area contributed by atoms with Gasteiger partial charge in [0.25, 0.3) is 0 Å². The highest BCUT2D eigenvalue weighted by Gasteiger charge is 2.20. The number of carbonyl (C=O) groups excluding carboxylic acids is 1. The van der Waals surface area contributed by atoms with Gasteiger partial charge in [0.05, 0.1) is 11.3 Å². The number of nitrogens with one attached hydrogen (secondary N) is 1. The first-order valence-corrected chi connectivity index (χ1v) is 9.27. The number of likely N-dealkylation sites (N-methyl/N-ethyl adjacent to an activating group) is 1. The summed E-state index contributed by atoms with van der Waals surface area (Å²) in [4.78, 5) is 12.1. The molecule has 2 aromatic rings. The molecule has 5 nitrogen and oxygen atoms in total. The first kappa shape index (κ1) is 19.1. The highest BCUT2D eigenvalue weighted by Crippen LogP contribution is 2.14. The Morgan fingerprint density at radius 3 is 2.48 bits per heavy atom. The zero-order chi connectivity index (χ0) is 18.4. The van der Waals surface area contributed by atoms with Crippen LogP contribution in [0, 0.1) is 12.7 Å². The maximum Gasteiger partial charge on any atom is 0.242 e. The molecule has 7 heteroatoms. The van der Waals surface area contributed by atoms with Crippen molar-refractivity contribution >= 4 is 15.9 Å². The van der Waals surface area contributed by atoms with E-state index in [1.165, 1.54) is 23.5 Å². The third-order valence-corrected chi connectivity index (χ3v) is 5.60. The van der Waals surface area contributed by atoms with E-state index in [0.29, 0.717) is 5.56 Å². The van der Waals surface area contributed by atoms with Crippen molar-refractivity contribution in [1.29, 1.82) is 0 Å². The van der Waals surface area contributed by atoms with E-state index in [1.54, 1.807) is 36.4 Å². The summed E-state index contributed by atoms with van der Waals surface area (Å²) in [6.45, 7) is 2.20. The van der Waals surface area contributed by atoms with Crippen LogP contribution in [0.1, 0.15) is 11.1 Å². The number of halogens is 1. The Morgan fingerprint density at radius 1 is 1.16 bits per heavy atom. The lowest BCUT2D eigenvalue weighted by molar-refractivity contribution is -0.120. The van der Waals surface area contributed by atoms with Crippen LogP contribution in [-0.4, -0.2) is 38.8 Å². The number of sulfonamides is 1. The maximum atomic E-state index is 13.1. The standard InChI is InChI=1S/C18H21FN2O3S/c1-14-6-8-17(9-7-14)25(23,24)21(2)11-10-20-18(22)13-15-4-3-5-16(19)12-15/h3-9,12H,10-11,13H2,1-2H3,(H,20,22). The average Bonchev–Trinajstić information content (AvgIpc) is 2.55. The Hall–Kier alpha value is -2.25. The third kappa shape index (κ3) is 5.37. The monoisotopic (exact) mass is 364 g/mol. The number of rotatable bonds is 7. The first-order chi connectivity index (χ1) is 11.8. The predicted octanol–water partition coefficient (Wildman–Crippen LogP) is 2.11. The molecule has 0 bridgehead atoms. The third-order valence-electron chi connectivity index (χ3n) is 3.73. The van der Waals surface area contributed by atoms with Crippen molar-refractivity contribution in [3.05, 3.63) is 65.5 Å². The van der Waals surface area contributed by atoms with E-state index in [0.717, 1.165) is 5.56 Å². The van der Waals surface area contributed by atoms with E-state index in [4.69, 9.17) is 0 Å². The number of aryl methyl sites for hydroxylation is 1. The van der Waals surface area contributed by atoms with Gasteiger partial charge in [-0.25, -0.2) is 12.8 Å². The molecule has 25 heavy (non-hydrogen) atoms. The van der Waals surface area contributed by atoms with E-state index in [-0.39, 0.29) is 30.3 Å². The molecule has 2 rings (SSSR count). The molecule has 1 amide bonds. The van der Waals surface area contributed by atoms with Gasteiger partial charge in [-0.1, -0.05) is 29.8 Å². The fourth-order valence-electron chi connectivity index (χ4n) is 2.26. The summed E-state index contributed by atoms with van der Waals surface area (Å²) in [5, 5.41) is 2.65. The van der Waals surface area contributed by atoms with Gasteiger partial charge in [0.15, 0.2) is 0 Å². The van der Waals surface area contributed by atoms with Crippen molar-refractivity contribution in [2.75, 3.05) is 20.1 Å². The van der Waals surface area contributed by atoms with Crippen molar-refractivity contribution in [3.63, 3.8) is 0 Å². The fourth-order valence-corrected chi connectivity index (χ4v) is 3.43. The first-order valence-electron chi connectivity index (χ1n) is 7.83. The van der Waals surface area contributed by atoms with Gasteiger partial charge in [-0.3, -0.25) is 4.79 Å². The maximum absolute atomic E-state index is 13.1. The van der Waals surface area contributed by atoms with Crippen LogP contribution in [0.2, 0.25) is 0 Å². The van der Waals surface area contributed by atoms with Crippen molar-refractivity contribution in [1.82, 2.24) is 9.62 Å². The molecule has 0 spiro atoms. The van der Waals surface area contributed by atoms with E-state index < -0.39 is 15.8 Å². The predicted molar refractivity (Wildman–Crippen MR) is 94.1 cm³/mol. The summed E-state index contributed by atoms with van der Waals surface area (Å²) in [5.41, 5.74) is 1.55. The average molecular weight is 364 g/mol. The van der Waals surface area contributed by atoms with Crippen LogP contribution in [-0.2, 0) is 21.2 Å². The number of carbonyl (C=O) groups is 1. The molecule has 0 unspecified atom stereocenters. The van der Waals surface area contributed by atoms with Gasteiger partial charge in [-0.15, -0.1) is 0 Å². The SMILES string of the molecule is Cc1ccc(S(=O)(=O)N(C)CCNC(=O)Cc2cccc(F)c2)cc1. The van der Waals surface area contributed by atoms with E-state index in [1.807, 2.05) is 6.92 Å². The minimum atomic E-state index is -3.59. The van der Waals surface area contributed by atoms with Gasteiger partial charge in [-0.05, 0) is 36.8 Å². The Morgan fingerprint density at radius 2 is 1.84 bits per heavy atom. The number of hydrogen-bond donors (Lipinski definition) is 1. The largest absolute Gasteiger partial charge is 0.354 e. The lowest BCUT2D eigenvalue weighted by atomic mass is 10.1. The van der Waals surface area contributed by atoms with Gasteiger partial charge in [0.1, 0.15) is 5.82 Å². The molecule has 1 N–H and O–H groups in total. The van der Waals surface area contributed by atoms with Crippen LogP contribution in [0.25, 0.3) is 0 Å². The van der Waals surface area contributed by atoms with Gasteiger partial charge >= 0.3 is 0 Å². The molecule has 0 heterocycles. The van der Waals surface area contributed by atoms with Crippen molar-refractivity contribution in [3.8, 4) is 0 Å². The highest BCUT2D eigenvalue weighted by atomic mass is 32.2. The molecule has 0 aliphatic rings. The van der Waals surface area contributed by atoms with Crippen LogP contribution in [0.3, 0.4) is 0 Å². The summed E-state index contributed by atoms with van der Waals surface area (Å²) in [5.74, 6) is -0.680. The summed E-state index contributed by atoms with van der Waals surface area (Å²) < 4.78 is 39.1. The zero-order valence-corrected chi connectivity index (χ0v) is 15.0. The molecule has 0 atom stereocenters. The van der Waals surface area contributed by atoms with Crippen molar-refractivity contribution in [2.24, 2.45) is 0 Å². The van der Waals surface area contributed by atoms with Crippen LogP contribution in [0.5, 0.6) is 0 Å². The van der Waals surface area contributed by atoms with Crippen LogP contribution >= 0.6 is 0 Å². The molecular formula is C18H21FN2O3S. The molecule has 0 saturated carbocycles. The second-order valence-electron chi connectivity index (χ2n) is 5.80. The second kappa shape index (κ2) is 8.22.